The first-order valence-corrected chi connectivity index (χ1v) is 6.46. The van der Waals surface area contributed by atoms with Gasteiger partial charge in [-0.25, -0.2) is 19.3 Å². The molecule has 102 valence electrons. The van der Waals surface area contributed by atoms with Crippen molar-refractivity contribution in [3.05, 3.63) is 22.4 Å². The van der Waals surface area contributed by atoms with Gasteiger partial charge in [-0.2, -0.15) is 5.10 Å². The van der Waals surface area contributed by atoms with Gasteiger partial charge >= 0.3 is 5.69 Å². The Morgan fingerprint density at radius 3 is 3.00 bits per heavy atom. The summed E-state index contributed by atoms with van der Waals surface area (Å²) in [4.78, 5) is 18.1. The largest absolute Gasteiger partial charge is 0.359 e. The molecule has 19 heavy (non-hydrogen) atoms. The lowest BCUT2D eigenvalue weighted by molar-refractivity contribution is 0.270. The van der Waals surface area contributed by atoms with Gasteiger partial charge in [-0.05, 0) is 25.7 Å². The normalized spacial score (nSPS) is 22.5. The monoisotopic (exact) mass is 262 g/mol. The third-order valence-corrected chi connectivity index (χ3v) is 3.75. The van der Waals surface area contributed by atoms with Crippen molar-refractivity contribution in [3.63, 3.8) is 0 Å². The fourth-order valence-corrected chi connectivity index (χ4v) is 2.69. The van der Waals surface area contributed by atoms with E-state index in [0.717, 1.165) is 25.2 Å². The quantitative estimate of drug-likeness (QED) is 0.806. The predicted molar refractivity (Wildman–Crippen MR) is 72.3 cm³/mol. The number of aryl methyl sites for hydroxylation is 1. The molecule has 0 aromatic carbocycles. The highest BCUT2D eigenvalue weighted by molar-refractivity contribution is 5.51. The van der Waals surface area contributed by atoms with E-state index in [4.69, 9.17) is 5.73 Å². The summed E-state index contributed by atoms with van der Waals surface area (Å²) in [7, 11) is 2.01. The molecule has 0 saturated heterocycles. The van der Waals surface area contributed by atoms with Gasteiger partial charge in [0.05, 0.1) is 0 Å². The second kappa shape index (κ2) is 4.34. The predicted octanol–water partition coefficient (Wildman–Crippen LogP) is -0.100. The first kappa shape index (κ1) is 12.2. The standard InChI is InChI=1S/C12H18N6O/c1-7-14-10(5-11-15-16-12(19)18(7)11)17(2)6-8-3-9(13)4-8/h5,8-9H,3-4,6,13H2,1-2H3,(H,16,19). The smallest absolute Gasteiger partial charge is 0.349 e. The SMILES string of the molecule is Cc1nc(N(C)CC2CC(N)C2)cc2n[nH]c(=O)n12. The van der Waals surface area contributed by atoms with Gasteiger partial charge in [0.2, 0.25) is 0 Å². The van der Waals surface area contributed by atoms with E-state index in [2.05, 4.69) is 20.1 Å². The molecule has 2 aromatic rings. The Labute approximate surface area is 110 Å². The molecule has 1 saturated carbocycles. The van der Waals surface area contributed by atoms with E-state index in [1.54, 1.807) is 6.92 Å². The zero-order valence-corrected chi connectivity index (χ0v) is 11.1. The van der Waals surface area contributed by atoms with Gasteiger partial charge in [-0.15, -0.1) is 0 Å². The Morgan fingerprint density at radius 2 is 2.32 bits per heavy atom. The summed E-state index contributed by atoms with van der Waals surface area (Å²) in [6.07, 6.45) is 2.15. The average Bonchev–Trinajstić information content (AvgIpc) is 2.69. The molecule has 7 nitrogen and oxygen atoms in total. The van der Waals surface area contributed by atoms with Gasteiger partial charge < -0.3 is 10.6 Å². The average molecular weight is 262 g/mol. The maximum atomic E-state index is 11.5. The highest BCUT2D eigenvalue weighted by atomic mass is 16.1. The Bertz CT molecular complexity index is 654. The summed E-state index contributed by atoms with van der Waals surface area (Å²) in [6, 6.07) is 2.18. The Morgan fingerprint density at radius 1 is 1.58 bits per heavy atom. The van der Waals surface area contributed by atoms with Crippen LogP contribution in [-0.2, 0) is 0 Å². The first-order valence-electron chi connectivity index (χ1n) is 6.46. The van der Waals surface area contributed by atoms with Crippen LogP contribution in [0.5, 0.6) is 0 Å². The van der Waals surface area contributed by atoms with Gasteiger partial charge in [-0.1, -0.05) is 0 Å². The van der Waals surface area contributed by atoms with E-state index in [1.165, 1.54) is 4.40 Å². The van der Waals surface area contributed by atoms with E-state index in [9.17, 15) is 4.79 Å². The van der Waals surface area contributed by atoms with Crippen LogP contribution in [0.3, 0.4) is 0 Å². The van der Waals surface area contributed by atoms with Gasteiger partial charge in [0.15, 0.2) is 5.65 Å². The van der Waals surface area contributed by atoms with Gasteiger partial charge in [-0.3, -0.25) is 0 Å². The van der Waals surface area contributed by atoms with Crippen LogP contribution >= 0.6 is 0 Å². The van der Waals surface area contributed by atoms with Gasteiger partial charge in [0.1, 0.15) is 11.6 Å². The zero-order chi connectivity index (χ0) is 13.6. The number of anilines is 1. The van der Waals surface area contributed by atoms with E-state index in [-0.39, 0.29) is 5.69 Å². The van der Waals surface area contributed by atoms with Gasteiger partial charge in [0.25, 0.3) is 0 Å². The number of nitrogens with two attached hydrogens (primary N) is 1. The second-order valence-corrected chi connectivity index (χ2v) is 5.36. The van der Waals surface area contributed by atoms with Crippen molar-refractivity contribution in [2.24, 2.45) is 11.7 Å². The van der Waals surface area contributed by atoms with Crippen LogP contribution < -0.4 is 16.3 Å². The zero-order valence-electron chi connectivity index (χ0n) is 11.1. The van der Waals surface area contributed by atoms with Crippen molar-refractivity contribution in [1.29, 1.82) is 0 Å². The molecule has 2 aromatic heterocycles. The number of nitrogens with one attached hydrogen (secondary N) is 1. The lowest BCUT2D eigenvalue weighted by Gasteiger charge is -2.35. The van der Waals surface area contributed by atoms with Crippen molar-refractivity contribution in [3.8, 4) is 0 Å². The molecular formula is C12H18N6O. The van der Waals surface area contributed by atoms with Crippen LogP contribution in [0.1, 0.15) is 18.7 Å². The number of hydrogen-bond acceptors (Lipinski definition) is 5. The van der Waals surface area contributed by atoms with E-state index in [1.807, 2.05) is 13.1 Å². The van der Waals surface area contributed by atoms with Crippen LogP contribution in [0.15, 0.2) is 10.9 Å². The third kappa shape index (κ3) is 2.10. The molecule has 7 heteroatoms. The van der Waals surface area contributed by atoms with Crippen LogP contribution in [0, 0.1) is 12.8 Å². The number of aromatic amines is 1. The summed E-state index contributed by atoms with van der Waals surface area (Å²) in [5, 5.41) is 6.42. The van der Waals surface area contributed by atoms with Crippen LogP contribution in [-0.4, -0.2) is 39.2 Å². The number of fused-ring (bicyclic) bond motifs is 1. The van der Waals surface area contributed by atoms with Gasteiger partial charge in [0, 0.05) is 25.7 Å². The molecule has 0 bridgehead atoms. The molecule has 1 fully saturated rings. The van der Waals surface area contributed by atoms with Crippen molar-refractivity contribution in [1.82, 2.24) is 19.6 Å². The number of nitrogens with zero attached hydrogens (tertiary/aromatic N) is 4. The Kier molecular flexibility index (Phi) is 2.78. The van der Waals surface area contributed by atoms with Crippen molar-refractivity contribution < 1.29 is 0 Å². The van der Waals surface area contributed by atoms with E-state index < -0.39 is 0 Å². The number of hydrogen-bond donors (Lipinski definition) is 2. The van der Waals surface area contributed by atoms with Crippen molar-refractivity contribution in [2.45, 2.75) is 25.8 Å². The molecule has 0 radical (unpaired) electrons. The topological polar surface area (TPSA) is 92.3 Å². The number of aromatic nitrogens is 4. The van der Waals surface area contributed by atoms with Crippen LogP contribution in [0.2, 0.25) is 0 Å². The lowest BCUT2D eigenvalue weighted by atomic mass is 9.81. The first-order chi connectivity index (χ1) is 9.04. The molecular weight excluding hydrogens is 244 g/mol. The summed E-state index contributed by atoms with van der Waals surface area (Å²) in [6.45, 7) is 2.74. The van der Waals surface area contributed by atoms with E-state index in [0.29, 0.717) is 23.4 Å². The minimum Gasteiger partial charge on any atom is -0.359 e. The molecule has 0 amide bonds. The van der Waals surface area contributed by atoms with Crippen molar-refractivity contribution >= 4 is 11.5 Å². The molecule has 3 rings (SSSR count). The minimum absolute atomic E-state index is 0.251. The molecule has 0 spiro atoms. The second-order valence-electron chi connectivity index (χ2n) is 5.36. The van der Waals surface area contributed by atoms with E-state index >= 15 is 0 Å². The summed E-state index contributed by atoms with van der Waals surface area (Å²) >= 11 is 0. The highest BCUT2D eigenvalue weighted by Crippen LogP contribution is 2.27. The maximum Gasteiger partial charge on any atom is 0.349 e. The lowest BCUT2D eigenvalue weighted by Crippen LogP contribution is -2.42. The molecule has 3 N–H and O–H groups in total. The summed E-state index contributed by atoms with van der Waals surface area (Å²) in [5.74, 6) is 2.12. The molecule has 0 unspecified atom stereocenters. The maximum absolute atomic E-state index is 11.5. The fourth-order valence-electron chi connectivity index (χ4n) is 2.69. The molecule has 2 heterocycles. The molecule has 0 aliphatic heterocycles. The van der Waals surface area contributed by atoms with Crippen LogP contribution in [0.25, 0.3) is 5.65 Å². The summed E-state index contributed by atoms with van der Waals surface area (Å²) in [5.41, 5.74) is 6.15. The Hall–Kier alpha value is -1.89. The molecule has 0 atom stereocenters. The highest BCUT2D eigenvalue weighted by Gasteiger charge is 2.27. The van der Waals surface area contributed by atoms with Crippen LogP contribution in [0.4, 0.5) is 5.82 Å². The number of H-pyrrole nitrogens is 1. The molecule has 1 aliphatic rings. The number of rotatable bonds is 3. The van der Waals surface area contributed by atoms with Crippen molar-refractivity contribution in [2.75, 3.05) is 18.5 Å². The summed E-state index contributed by atoms with van der Waals surface area (Å²) < 4.78 is 1.47. The molecule has 1 aliphatic carbocycles. The third-order valence-electron chi connectivity index (χ3n) is 3.75. The fraction of sp³-hybridized carbons (Fsp3) is 0.583. The minimum atomic E-state index is -0.251. The Balaban J connectivity index is 1.86.